The van der Waals surface area contributed by atoms with Gasteiger partial charge in [0, 0.05) is 18.4 Å². The molecule has 25 heavy (non-hydrogen) atoms. The van der Waals surface area contributed by atoms with Gasteiger partial charge in [0.15, 0.2) is 0 Å². The Bertz CT molecular complexity index is 422. The third-order valence-electron chi connectivity index (χ3n) is 3.55. The second kappa shape index (κ2) is 10.1. The molecule has 0 bridgehead atoms. The van der Waals surface area contributed by atoms with E-state index in [9.17, 15) is 9.59 Å². The van der Waals surface area contributed by atoms with E-state index >= 15 is 0 Å². The topological polar surface area (TPSA) is 64.6 Å². The predicted molar refractivity (Wildman–Crippen MR) is 101 cm³/mol. The lowest BCUT2D eigenvalue weighted by molar-refractivity contribution is -0.158. The van der Waals surface area contributed by atoms with E-state index in [-0.39, 0.29) is 22.7 Å². The van der Waals surface area contributed by atoms with Gasteiger partial charge in [-0.3, -0.25) is 9.59 Å². The van der Waals surface area contributed by atoms with Crippen molar-refractivity contribution in [3.05, 3.63) is 0 Å². The maximum atomic E-state index is 12.0. The van der Waals surface area contributed by atoms with Gasteiger partial charge in [0.05, 0.1) is 19.6 Å². The van der Waals surface area contributed by atoms with Gasteiger partial charge in [-0.2, -0.15) is 0 Å². The van der Waals surface area contributed by atoms with Gasteiger partial charge < -0.3 is 14.8 Å². The third-order valence-corrected chi connectivity index (χ3v) is 3.55. The summed E-state index contributed by atoms with van der Waals surface area (Å²) in [5.74, 6) is -0.108. The van der Waals surface area contributed by atoms with Crippen molar-refractivity contribution < 1.29 is 19.1 Å². The van der Waals surface area contributed by atoms with Crippen molar-refractivity contribution in [1.82, 2.24) is 5.32 Å². The summed E-state index contributed by atoms with van der Waals surface area (Å²) in [5, 5.41) is 2.97. The molecule has 0 spiro atoms. The molecule has 0 fully saturated rings. The van der Waals surface area contributed by atoms with Crippen LogP contribution in [0.2, 0.25) is 0 Å². The molecule has 5 nitrogen and oxygen atoms in total. The first-order valence-electron chi connectivity index (χ1n) is 9.33. The number of unbranched alkanes of at least 4 members (excludes halogenated alkanes) is 1. The molecule has 1 N–H and O–H groups in total. The minimum atomic E-state index is -0.466. The normalized spacial score (nSPS) is 12.8. The summed E-state index contributed by atoms with van der Waals surface area (Å²) in [6.45, 7) is 17.4. The molecule has 0 saturated carbocycles. The van der Waals surface area contributed by atoms with Crippen LogP contribution in [0.3, 0.4) is 0 Å². The quantitative estimate of drug-likeness (QED) is 0.566. The molecule has 0 aromatic heterocycles. The summed E-state index contributed by atoms with van der Waals surface area (Å²) in [5.41, 5.74) is -0.904. The van der Waals surface area contributed by atoms with Crippen molar-refractivity contribution in [2.75, 3.05) is 19.8 Å². The van der Waals surface area contributed by atoms with E-state index in [1.54, 1.807) is 0 Å². The average Bonchev–Trinajstić information content (AvgIpc) is 2.39. The molecule has 0 aromatic carbocycles. The molecule has 0 heterocycles. The molecule has 0 atom stereocenters. The number of nitrogens with one attached hydrogen (secondary N) is 1. The summed E-state index contributed by atoms with van der Waals surface area (Å²) in [6, 6.07) is 0. The van der Waals surface area contributed by atoms with E-state index in [0.29, 0.717) is 32.6 Å². The number of hydrogen-bond donors (Lipinski definition) is 1. The molecular formula is C20H39NO4. The molecule has 5 heteroatoms. The average molecular weight is 358 g/mol. The van der Waals surface area contributed by atoms with Gasteiger partial charge >= 0.3 is 5.97 Å². The highest BCUT2D eigenvalue weighted by molar-refractivity contribution is 5.75. The molecule has 0 unspecified atom stereocenters. The summed E-state index contributed by atoms with van der Waals surface area (Å²) < 4.78 is 11.2. The van der Waals surface area contributed by atoms with Crippen molar-refractivity contribution >= 4 is 11.9 Å². The fraction of sp³-hybridized carbons (Fsp3) is 0.900. The Labute approximate surface area is 154 Å². The smallest absolute Gasteiger partial charge is 0.306 e. The zero-order valence-electron chi connectivity index (χ0n) is 17.6. The van der Waals surface area contributed by atoms with Gasteiger partial charge in [0.1, 0.15) is 5.60 Å². The zero-order valence-corrected chi connectivity index (χ0v) is 17.6. The first-order valence-corrected chi connectivity index (χ1v) is 9.33. The van der Waals surface area contributed by atoms with Gasteiger partial charge in [-0.05, 0) is 32.6 Å². The van der Waals surface area contributed by atoms with Crippen molar-refractivity contribution in [1.29, 1.82) is 0 Å². The monoisotopic (exact) mass is 357 g/mol. The van der Waals surface area contributed by atoms with Gasteiger partial charge in [0.2, 0.25) is 5.91 Å². The summed E-state index contributed by atoms with van der Waals surface area (Å²) in [6.07, 6.45) is 2.84. The fourth-order valence-electron chi connectivity index (χ4n) is 2.24. The predicted octanol–water partition coefficient (Wildman–Crippen LogP) is 4.09. The van der Waals surface area contributed by atoms with Crippen molar-refractivity contribution in [3.63, 3.8) is 0 Å². The second-order valence-corrected chi connectivity index (χ2v) is 9.46. The minimum Gasteiger partial charge on any atom is -0.460 e. The molecule has 0 aliphatic carbocycles. The Kier molecular flexibility index (Phi) is 9.70. The van der Waals surface area contributed by atoms with Crippen LogP contribution in [0.5, 0.6) is 0 Å². The molecule has 0 aliphatic rings. The number of carbonyl (C=O) groups is 2. The first kappa shape index (κ1) is 23.9. The lowest BCUT2D eigenvalue weighted by atomic mass is 9.90. The van der Waals surface area contributed by atoms with Gasteiger partial charge in [0.25, 0.3) is 0 Å². The lowest BCUT2D eigenvalue weighted by Crippen LogP contribution is -2.37. The molecule has 0 aromatic rings. The lowest BCUT2D eigenvalue weighted by Gasteiger charge is -2.29. The van der Waals surface area contributed by atoms with Crippen LogP contribution in [0.15, 0.2) is 0 Å². The number of hydrogen-bond acceptors (Lipinski definition) is 4. The van der Waals surface area contributed by atoms with Crippen LogP contribution in [0.25, 0.3) is 0 Å². The Morgan fingerprint density at radius 2 is 1.48 bits per heavy atom. The van der Waals surface area contributed by atoms with Gasteiger partial charge in [-0.15, -0.1) is 0 Å². The number of esters is 1. The number of carbonyl (C=O) groups excluding carboxylic acids is 2. The van der Waals surface area contributed by atoms with Gasteiger partial charge in [-0.25, -0.2) is 0 Å². The molecule has 148 valence electrons. The van der Waals surface area contributed by atoms with E-state index in [0.717, 1.165) is 12.8 Å². The molecule has 0 rings (SSSR count). The number of rotatable bonds is 11. The van der Waals surface area contributed by atoms with E-state index < -0.39 is 5.60 Å². The summed E-state index contributed by atoms with van der Waals surface area (Å²) in [7, 11) is 0. The van der Waals surface area contributed by atoms with E-state index in [2.05, 4.69) is 26.1 Å². The Balaban J connectivity index is 4.20. The Morgan fingerprint density at radius 3 is 2.00 bits per heavy atom. The molecule has 1 amide bonds. The van der Waals surface area contributed by atoms with Crippen LogP contribution in [-0.4, -0.2) is 37.2 Å². The van der Waals surface area contributed by atoms with Crippen molar-refractivity contribution in [3.8, 4) is 0 Å². The van der Waals surface area contributed by atoms with Crippen LogP contribution >= 0.6 is 0 Å². The molecule has 0 saturated heterocycles. The highest BCUT2D eigenvalue weighted by atomic mass is 16.6. The Hall–Kier alpha value is -1.10. The first-order chi connectivity index (χ1) is 11.3. The second-order valence-electron chi connectivity index (χ2n) is 9.46. The van der Waals surface area contributed by atoms with Crippen LogP contribution in [0.4, 0.5) is 0 Å². The maximum absolute atomic E-state index is 12.0. The van der Waals surface area contributed by atoms with Crippen LogP contribution < -0.4 is 5.32 Å². The largest absolute Gasteiger partial charge is 0.460 e. The minimum absolute atomic E-state index is 0.0974. The SMILES string of the molecule is CCCCC(=O)NCC(C)(C)COCC(C)(C)CC(=O)OC(C)(C)C. The fourth-order valence-corrected chi connectivity index (χ4v) is 2.24. The standard InChI is InChI=1S/C20H39NO4/c1-9-10-11-16(22)21-13-20(7,8)15-24-14-19(5,6)12-17(23)25-18(2,3)4/h9-15H2,1-8H3,(H,21,22). The highest BCUT2D eigenvalue weighted by Crippen LogP contribution is 2.24. The summed E-state index contributed by atoms with van der Waals surface area (Å²) >= 11 is 0. The van der Waals surface area contributed by atoms with Crippen molar-refractivity contribution in [2.45, 2.75) is 86.7 Å². The molecule has 0 radical (unpaired) electrons. The maximum Gasteiger partial charge on any atom is 0.306 e. The third kappa shape index (κ3) is 13.8. The zero-order chi connectivity index (χ0) is 19.7. The number of ether oxygens (including phenoxy) is 2. The van der Waals surface area contributed by atoms with Crippen LogP contribution in [0.1, 0.15) is 81.1 Å². The molecule has 0 aliphatic heterocycles. The van der Waals surface area contributed by atoms with Gasteiger partial charge in [-0.1, -0.05) is 41.0 Å². The highest BCUT2D eigenvalue weighted by Gasteiger charge is 2.27. The van der Waals surface area contributed by atoms with Crippen LogP contribution in [-0.2, 0) is 19.1 Å². The van der Waals surface area contributed by atoms with Crippen molar-refractivity contribution in [2.24, 2.45) is 10.8 Å². The summed E-state index contributed by atoms with van der Waals surface area (Å²) in [4.78, 5) is 23.7. The van der Waals surface area contributed by atoms with E-state index in [4.69, 9.17) is 9.47 Å². The van der Waals surface area contributed by atoms with Crippen LogP contribution in [0, 0.1) is 10.8 Å². The Morgan fingerprint density at radius 1 is 0.920 bits per heavy atom. The number of amides is 1. The van der Waals surface area contributed by atoms with E-state index in [1.807, 2.05) is 34.6 Å². The molecular weight excluding hydrogens is 318 g/mol. The van der Waals surface area contributed by atoms with E-state index in [1.165, 1.54) is 0 Å².